The highest BCUT2D eigenvalue weighted by Gasteiger charge is 2.36. The summed E-state index contributed by atoms with van der Waals surface area (Å²) in [6.07, 6.45) is 0.674. The third-order valence-electron chi connectivity index (χ3n) is 6.12. The van der Waals surface area contributed by atoms with Crippen LogP contribution in [-0.4, -0.2) is 41.1 Å². The Labute approximate surface area is 224 Å². The Bertz CT molecular complexity index is 1430. The Kier molecular flexibility index (Phi) is 7.54. The lowest BCUT2D eigenvalue weighted by Gasteiger charge is -2.29. The van der Waals surface area contributed by atoms with E-state index in [0.29, 0.717) is 12.2 Å². The second-order valence-corrected chi connectivity index (χ2v) is 11.7. The van der Waals surface area contributed by atoms with Crippen LogP contribution >= 0.6 is 27.5 Å². The molecule has 1 unspecified atom stereocenters. The zero-order valence-electron chi connectivity index (χ0n) is 20.3. The number of fused-ring (bicyclic) bond motifs is 1. The minimum absolute atomic E-state index is 0.0384. The summed E-state index contributed by atoms with van der Waals surface area (Å²) in [4.78, 5) is 15.3. The summed E-state index contributed by atoms with van der Waals surface area (Å²) in [5.41, 5.74) is 2.77. The molecular formula is C26H26BrClN2O5S. The number of nitrogens with zero attached hydrogens (tertiary/aromatic N) is 2. The zero-order chi connectivity index (χ0) is 26.2. The van der Waals surface area contributed by atoms with Gasteiger partial charge in [0, 0.05) is 16.2 Å². The molecule has 1 amide bonds. The van der Waals surface area contributed by atoms with E-state index in [-0.39, 0.29) is 33.3 Å². The summed E-state index contributed by atoms with van der Waals surface area (Å²) in [6.45, 7) is 3.31. The van der Waals surface area contributed by atoms with Crippen LogP contribution in [0, 0.1) is 6.92 Å². The molecule has 0 spiro atoms. The van der Waals surface area contributed by atoms with Gasteiger partial charge in [-0.3, -0.25) is 9.10 Å². The maximum atomic E-state index is 14.0. The van der Waals surface area contributed by atoms with E-state index in [1.807, 2.05) is 25.1 Å². The lowest BCUT2D eigenvalue weighted by atomic mass is 10.1. The van der Waals surface area contributed by atoms with Gasteiger partial charge in [-0.25, -0.2) is 8.42 Å². The molecule has 1 heterocycles. The fraction of sp³-hybridized carbons (Fsp3) is 0.269. The zero-order valence-corrected chi connectivity index (χ0v) is 23.4. The Balaban J connectivity index is 1.81. The number of rotatable bonds is 7. The van der Waals surface area contributed by atoms with E-state index < -0.39 is 16.6 Å². The Morgan fingerprint density at radius 2 is 1.78 bits per heavy atom. The van der Waals surface area contributed by atoms with Crippen molar-refractivity contribution >= 4 is 54.8 Å². The number of methoxy groups -OCH3 is 2. The molecular weight excluding hydrogens is 568 g/mol. The molecule has 0 aromatic heterocycles. The minimum Gasteiger partial charge on any atom is -0.495 e. The first-order chi connectivity index (χ1) is 17.1. The number of amides is 1. The number of hydrogen-bond donors (Lipinski definition) is 0. The molecule has 3 aromatic carbocycles. The van der Waals surface area contributed by atoms with Crippen LogP contribution in [0.15, 0.2) is 64.0 Å². The predicted octanol–water partition coefficient (Wildman–Crippen LogP) is 5.60. The maximum Gasteiger partial charge on any atom is 0.268 e. The molecule has 0 saturated heterocycles. The van der Waals surface area contributed by atoms with E-state index in [9.17, 15) is 13.2 Å². The summed E-state index contributed by atoms with van der Waals surface area (Å²) in [5, 5.41) is 0.226. The Hall–Kier alpha value is -2.75. The first-order valence-electron chi connectivity index (χ1n) is 11.2. The van der Waals surface area contributed by atoms with Gasteiger partial charge < -0.3 is 14.4 Å². The van der Waals surface area contributed by atoms with E-state index in [1.54, 1.807) is 36.1 Å². The number of sulfonamides is 1. The van der Waals surface area contributed by atoms with E-state index in [1.165, 1.54) is 26.4 Å². The molecule has 0 radical (unpaired) electrons. The van der Waals surface area contributed by atoms with Crippen LogP contribution in [0.5, 0.6) is 11.5 Å². The van der Waals surface area contributed by atoms with Crippen molar-refractivity contribution in [2.24, 2.45) is 0 Å². The van der Waals surface area contributed by atoms with Crippen LogP contribution in [0.1, 0.15) is 18.1 Å². The number of aryl methyl sites for hydroxylation is 1. The maximum absolute atomic E-state index is 14.0. The normalized spacial score (nSPS) is 14.9. The van der Waals surface area contributed by atoms with Crippen LogP contribution in [0.3, 0.4) is 0 Å². The standard InChI is InChI=1S/C26H26BrClN2O5S/c1-16-5-9-24(35-4)25(11-16)36(32,33)29(20-7-10-23(34-3)21(28)14-20)15-26(31)30-17(2)12-18-13-19(27)6-8-22(18)30/h5-11,13-14,17H,12,15H2,1-4H3. The molecule has 1 atom stereocenters. The molecule has 4 rings (SSSR count). The molecule has 0 aliphatic carbocycles. The highest BCUT2D eigenvalue weighted by Crippen LogP contribution is 2.37. The summed E-state index contributed by atoms with van der Waals surface area (Å²) < 4.78 is 40.7. The summed E-state index contributed by atoms with van der Waals surface area (Å²) in [5.74, 6) is 0.220. The lowest BCUT2D eigenvalue weighted by molar-refractivity contribution is -0.117. The van der Waals surface area contributed by atoms with Gasteiger partial charge in [0.15, 0.2) is 0 Å². The topological polar surface area (TPSA) is 76.2 Å². The number of carbonyl (C=O) groups is 1. The van der Waals surface area contributed by atoms with Gasteiger partial charge in [-0.15, -0.1) is 0 Å². The van der Waals surface area contributed by atoms with Crippen molar-refractivity contribution in [2.45, 2.75) is 31.2 Å². The van der Waals surface area contributed by atoms with Gasteiger partial charge in [-0.2, -0.15) is 0 Å². The van der Waals surface area contributed by atoms with Crippen molar-refractivity contribution in [1.29, 1.82) is 0 Å². The first kappa shape index (κ1) is 26.3. The molecule has 0 N–H and O–H groups in total. The molecule has 1 aliphatic heterocycles. The fourth-order valence-corrected chi connectivity index (χ4v) is 6.72. The monoisotopic (exact) mass is 592 g/mol. The number of hydrogen-bond acceptors (Lipinski definition) is 5. The molecule has 0 bridgehead atoms. The number of ether oxygens (including phenoxy) is 2. The second kappa shape index (κ2) is 10.3. The van der Waals surface area contributed by atoms with Crippen molar-refractivity contribution in [2.75, 3.05) is 30.0 Å². The molecule has 0 fully saturated rings. The van der Waals surface area contributed by atoms with Crippen LogP contribution in [0.2, 0.25) is 5.02 Å². The number of halogens is 2. The smallest absolute Gasteiger partial charge is 0.268 e. The van der Waals surface area contributed by atoms with Gasteiger partial charge in [-0.1, -0.05) is 33.6 Å². The number of benzene rings is 3. The van der Waals surface area contributed by atoms with E-state index >= 15 is 0 Å². The number of carbonyl (C=O) groups excluding carboxylic acids is 1. The largest absolute Gasteiger partial charge is 0.495 e. The molecule has 36 heavy (non-hydrogen) atoms. The lowest BCUT2D eigenvalue weighted by Crippen LogP contribution is -2.45. The van der Waals surface area contributed by atoms with Crippen LogP contribution < -0.4 is 18.7 Å². The molecule has 7 nitrogen and oxygen atoms in total. The Morgan fingerprint density at radius 1 is 1.08 bits per heavy atom. The van der Waals surface area contributed by atoms with Gasteiger partial charge in [-0.05, 0) is 79.9 Å². The highest BCUT2D eigenvalue weighted by atomic mass is 79.9. The highest BCUT2D eigenvalue weighted by molar-refractivity contribution is 9.10. The Morgan fingerprint density at radius 3 is 2.44 bits per heavy atom. The SMILES string of the molecule is COc1ccc(N(CC(=O)N2c3ccc(Br)cc3CC2C)S(=O)(=O)c2cc(C)ccc2OC)cc1Cl. The van der Waals surface area contributed by atoms with Crippen molar-refractivity contribution in [3.8, 4) is 11.5 Å². The van der Waals surface area contributed by atoms with Gasteiger partial charge in [0.2, 0.25) is 5.91 Å². The van der Waals surface area contributed by atoms with Crippen LogP contribution in [-0.2, 0) is 21.2 Å². The fourth-order valence-electron chi connectivity index (χ4n) is 4.41. The van der Waals surface area contributed by atoms with Crippen molar-refractivity contribution < 1.29 is 22.7 Å². The van der Waals surface area contributed by atoms with E-state index in [2.05, 4.69) is 15.9 Å². The minimum atomic E-state index is -4.23. The van der Waals surface area contributed by atoms with Gasteiger partial charge >= 0.3 is 0 Å². The third-order valence-corrected chi connectivity index (χ3v) is 8.70. The van der Waals surface area contributed by atoms with Crippen LogP contribution in [0.4, 0.5) is 11.4 Å². The quantitative estimate of drug-likeness (QED) is 0.356. The summed E-state index contributed by atoms with van der Waals surface area (Å²) in [6, 6.07) is 15.1. The van der Waals surface area contributed by atoms with E-state index in [0.717, 1.165) is 25.6 Å². The average Bonchev–Trinajstić information content (AvgIpc) is 3.16. The van der Waals surface area contributed by atoms with Gasteiger partial charge in [0.05, 0.1) is 24.9 Å². The molecule has 0 saturated carbocycles. The molecule has 190 valence electrons. The summed E-state index contributed by atoms with van der Waals surface area (Å²) in [7, 11) is -1.35. The molecule has 10 heteroatoms. The second-order valence-electron chi connectivity index (χ2n) is 8.57. The third kappa shape index (κ3) is 4.92. The first-order valence-corrected chi connectivity index (χ1v) is 13.8. The number of anilines is 2. The summed E-state index contributed by atoms with van der Waals surface area (Å²) >= 11 is 9.83. The average molecular weight is 594 g/mol. The van der Waals surface area contributed by atoms with Crippen molar-refractivity contribution in [3.63, 3.8) is 0 Å². The van der Waals surface area contributed by atoms with E-state index in [4.69, 9.17) is 21.1 Å². The van der Waals surface area contributed by atoms with Gasteiger partial charge in [0.25, 0.3) is 10.0 Å². The predicted molar refractivity (Wildman–Crippen MR) is 145 cm³/mol. The van der Waals surface area contributed by atoms with Crippen molar-refractivity contribution in [1.82, 2.24) is 0 Å². The molecule has 1 aliphatic rings. The molecule has 3 aromatic rings. The van der Waals surface area contributed by atoms with Gasteiger partial charge in [0.1, 0.15) is 22.9 Å². The van der Waals surface area contributed by atoms with Crippen LogP contribution in [0.25, 0.3) is 0 Å². The van der Waals surface area contributed by atoms with Crippen molar-refractivity contribution in [3.05, 3.63) is 75.2 Å².